The highest BCUT2D eigenvalue weighted by Crippen LogP contribution is 2.29. The number of likely N-dealkylation sites (N-methyl/N-ethyl adjacent to an activating group) is 1. The van der Waals surface area contributed by atoms with Gasteiger partial charge in [-0.1, -0.05) is 36.2 Å². The quantitative estimate of drug-likeness (QED) is 0.845. The zero-order valence-corrected chi connectivity index (χ0v) is 13.2. The van der Waals surface area contributed by atoms with Crippen molar-refractivity contribution in [2.45, 2.75) is 6.92 Å². The molecule has 114 valence electrons. The van der Waals surface area contributed by atoms with Gasteiger partial charge in [0.05, 0.1) is 15.7 Å². The van der Waals surface area contributed by atoms with Crippen molar-refractivity contribution in [3.8, 4) is 0 Å². The SMILES string of the molecule is CCN1CCN(C(=O)C(=O)Nc2cccc(Cl)c2Cl)CC1. The second-order valence-electron chi connectivity index (χ2n) is 4.78. The summed E-state index contributed by atoms with van der Waals surface area (Å²) < 4.78 is 0. The molecule has 5 nitrogen and oxygen atoms in total. The molecule has 1 heterocycles. The average Bonchev–Trinajstić information content (AvgIpc) is 2.51. The standard InChI is InChI=1S/C14H17Cl2N3O2/c1-2-18-6-8-19(9-7-18)14(21)13(20)17-11-5-3-4-10(15)12(11)16/h3-5H,2,6-9H2,1H3,(H,17,20). The molecule has 1 aromatic carbocycles. The molecule has 1 N–H and O–H groups in total. The van der Waals surface area contributed by atoms with Crippen molar-refractivity contribution in [2.75, 3.05) is 38.0 Å². The molecule has 1 saturated heterocycles. The van der Waals surface area contributed by atoms with Gasteiger partial charge in [0.2, 0.25) is 0 Å². The van der Waals surface area contributed by atoms with Crippen LogP contribution < -0.4 is 5.32 Å². The predicted molar refractivity (Wildman–Crippen MR) is 83.8 cm³/mol. The van der Waals surface area contributed by atoms with Crippen molar-refractivity contribution >= 4 is 40.7 Å². The first-order valence-corrected chi connectivity index (χ1v) is 7.55. The molecule has 0 unspecified atom stereocenters. The maximum Gasteiger partial charge on any atom is 0.313 e. The van der Waals surface area contributed by atoms with E-state index in [1.165, 1.54) is 0 Å². The first kappa shape index (κ1) is 16.1. The summed E-state index contributed by atoms with van der Waals surface area (Å²) in [4.78, 5) is 27.9. The number of nitrogens with zero attached hydrogens (tertiary/aromatic N) is 2. The highest BCUT2D eigenvalue weighted by atomic mass is 35.5. The number of hydrogen-bond donors (Lipinski definition) is 1. The molecule has 0 radical (unpaired) electrons. The molecule has 1 aliphatic rings. The summed E-state index contributed by atoms with van der Waals surface area (Å²) in [5, 5.41) is 3.08. The number of benzene rings is 1. The first-order chi connectivity index (χ1) is 10.0. The van der Waals surface area contributed by atoms with Crippen LogP contribution in [0.2, 0.25) is 10.0 Å². The normalized spacial score (nSPS) is 15.9. The van der Waals surface area contributed by atoms with Crippen LogP contribution in [0.5, 0.6) is 0 Å². The Kier molecular flexibility index (Phi) is 5.45. The fourth-order valence-electron chi connectivity index (χ4n) is 2.19. The van der Waals surface area contributed by atoms with E-state index < -0.39 is 11.8 Å². The van der Waals surface area contributed by atoms with Gasteiger partial charge in [0.1, 0.15) is 0 Å². The van der Waals surface area contributed by atoms with Crippen LogP contribution in [0.15, 0.2) is 18.2 Å². The minimum Gasteiger partial charge on any atom is -0.332 e. The van der Waals surface area contributed by atoms with Crippen molar-refractivity contribution in [2.24, 2.45) is 0 Å². The molecule has 0 aliphatic carbocycles. The lowest BCUT2D eigenvalue weighted by Crippen LogP contribution is -2.51. The molecule has 0 atom stereocenters. The summed E-state index contributed by atoms with van der Waals surface area (Å²) in [7, 11) is 0. The maximum atomic E-state index is 12.1. The van der Waals surface area contributed by atoms with E-state index in [4.69, 9.17) is 23.2 Å². The van der Waals surface area contributed by atoms with E-state index in [-0.39, 0.29) is 5.02 Å². The number of carbonyl (C=O) groups is 2. The number of anilines is 1. The molecule has 1 fully saturated rings. The summed E-state index contributed by atoms with van der Waals surface area (Å²) in [6.45, 7) is 5.71. The molecule has 0 spiro atoms. The number of hydrogen-bond acceptors (Lipinski definition) is 3. The molecular formula is C14H17Cl2N3O2. The van der Waals surface area contributed by atoms with E-state index in [1.807, 2.05) is 0 Å². The van der Waals surface area contributed by atoms with Crippen LogP contribution in [0.4, 0.5) is 5.69 Å². The molecule has 1 aromatic rings. The molecule has 7 heteroatoms. The molecule has 0 aromatic heterocycles. The Hall–Kier alpha value is -1.30. The van der Waals surface area contributed by atoms with Crippen LogP contribution >= 0.6 is 23.2 Å². The van der Waals surface area contributed by atoms with Crippen molar-refractivity contribution < 1.29 is 9.59 Å². The van der Waals surface area contributed by atoms with Gasteiger partial charge >= 0.3 is 11.8 Å². The summed E-state index contributed by atoms with van der Waals surface area (Å²) in [6, 6.07) is 4.88. The molecule has 1 aliphatic heterocycles. The Balaban J connectivity index is 1.97. The van der Waals surface area contributed by atoms with Crippen molar-refractivity contribution in [1.29, 1.82) is 0 Å². The number of carbonyl (C=O) groups excluding carboxylic acids is 2. The van der Waals surface area contributed by atoms with Crippen molar-refractivity contribution in [3.63, 3.8) is 0 Å². The monoisotopic (exact) mass is 329 g/mol. The Morgan fingerprint density at radius 2 is 1.86 bits per heavy atom. The van der Waals surface area contributed by atoms with Crippen LogP contribution in [-0.2, 0) is 9.59 Å². The zero-order chi connectivity index (χ0) is 15.4. The minimum atomic E-state index is -0.691. The van der Waals surface area contributed by atoms with Gasteiger partial charge in [-0.15, -0.1) is 0 Å². The Morgan fingerprint density at radius 1 is 1.19 bits per heavy atom. The van der Waals surface area contributed by atoms with Crippen molar-refractivity contribution in [1.82, 2.24) is 9.80 Å². The second kappa shape index (κ2) is 7.11. The van der Waals surface area contributed by atoms with Crippen LogP contribution in [0.3, 0.4) is 0 Å². The Morgan fingerprint density at radius 3 is 2.48 bits per heavy atom. The van der Waals surface area contributed by atoms with E-state index >= 15 is 0 Å². The van der Waals surface area contributed by atoms with Crippen LogP contribution in [0, 0.1) is 0 Å². The lowest BCUT2D eigenvalue weighted by atomic mass is 10.3. The van der Waals surface area contributed by atoms with E-state index in [0.29, 0.717) is 23.8 Å². The van der Waals surface area contributed by atoms with Gasteiger partial charge in [-0.3, -0.25) is 9.59 Å². The lowest BCUT2D eigenvalue weighted by molar-refractivity contribution is -0.144. The fourth-order valence-corrected chi connectivity index (χ4v) is 2.53. The van der Waals surface area contributed by atoms with Gasteiger partial charge in [0.25, 0.3) is 0 Å². The van der Waals surface area contributed by atoms with E-state index in [9.17, 15) is 9.59 Å². The molecule has 2 rings (SSSR count). The number of piperazine rings is 1. The van der Waals surface area contributed by atoms with E-state index in [0.717, 1.165) is 19.6 Å². The Bertz CT molecular complexity index is 543. The first-order valence-electron chi connectivity index (χ1n) is 6.79. The third-order valence-corrected chi connectivity index (χ3v) is 4.32. The third-order valence-electron chi connectivity index (χ3n) is 3.50. The van der Waals surface area contributed by atoms with Crippen LogP contribution in [0.25, 0.3) is 0 Å². The number of amides is 2. The van der Waals surface area contributed by atoms with Crippen LogP contribution in [-0.4, -0.2) is 54.3 Å². The molecule has 0 saturated carbocycles. The lowest BCUT2D eigenvalue weighted by Gasteiger charge is -2.33. The topological polar surface area (TPSA) is 52.7 Å². The number of rotatable bonds is 2. The van der Waals surface area contributed by atoms with Gasteiger partial charge in [-0.25, -0.2) is 0 Å². The van der Waals surface area contributed by atoms with Gasteiger partial charge < -0.3 is 15.1 Å². The highest BCUT2D eigenvalue weighted by Gasteiger charge is 2.26. The van der Waals surface area contributed by atoms with E-state index in [2.05, 4.69) is 17.1 Å². The molecule has 0 bridgehead atoms. The van der Waals surface area contributed by atoms with Crippen molar-refractivity contribution in [3.05, 3.63) is 28.2 Å². The van der Waals surface area contributed by atoms with Gasteiger partial charge in [-0.2, -0.15) is 0 Å². The smallest absolute Gasteiger partial charge is 0.313 e. The second-order valence-corrected chi connectivity index (χ2v) is 5.57. The summed E-state index contributed by atoms with van der Waals surface area (Å²) in [6.07, 6.45) is 0. The average molecular weight is 330 g/mol. The minimum absolute atomic E-state index is 0.233. The summed E-state index contributed by atoms with van der Waals surface area (Å²) in [5.41, 5.74) is 0.342. The van der Waals surface area contributed by atoms with Gasteiger partial charge in [-0.05, 0) is 18.7 Å². The Labute approximate surface area is 133 Å². The third kappa shape index (κ3) is 3.87. The highest BCUT2D eigenvalue weighted by molar-refractivity contribution is 6.45. The van der Waals surface area contributed by atoms with Gasteiger partial charge in [0.15, 0.2) is 0 Å². The number of nitrogens with one attached hydrogen (secondary N) is 1. The summed E-state index contributed by atoms with van der Waals surface area (Å²) in [5.74, 6) is -1.23. The molecule has 21 heavy (non-hydrogen) atoms. The summed E-state index contributed by atoms with van der Waals surface area (Å²) >= 11 is 11.9. The fraction of sp³-hybridized carbons (Fsp3) is 0.429. The molecule has 2 amide bonds. The largest absolute Gasteiger partial charge is 0.332 e. The zero-order valence-electron chi connectivity index (χ0n) is 11.7. The van der Waals surface area contributed by atoms with E-state index in [1.54, 1.807) is 23.1 Å². The maximum absolute atomic E-state index is 12.1. The van der Waals surface area contributed by atoms with Gasteiger partial charge in [0, 0.05) is 26.2 Å². The van der Waals surface area contributed by atoms with Crippen LogP contribution in [0.1, 0.15) is 6.92 Å². The number of halogens is 2. The predicted octanol–water partition coefficient (Wildman–Crippen LogP) is 2.10. The molecular weight excluding hydrogens is 313 g/mol.